The molecule has 4 nitrogen and oxygen atoms in total. The Morgan fingerprint density at radius 2 is 1.48 bits per heavy atom. The molecule has 168 valence electrons. The molecule has 0 aliphatic rings. The molecule has 4 heteroatoms. The van der Waals surface area contributed by atoms with Crippen molar-refractivity contribution in [2.24, 2.45) is 0 Å². The molecule has 1 N–H and O–H groups in total. The van der Waals surface area contributed by atoms with Crippen molar-refractivity contribution in [1.29, 1.82) is 0 Å². The Hall–Kier alpha value is -3.79. The number of aromatic nitrogens is 1. The largest absolute Gasteiger partial charge is 0.456 e. The number of aryl methyl sites for hydroxylation is 2. The lowest BCUT2D eigenvalue weighted by atomic mass is 10.0. The summed E-state index contributed by atoms with van der Waals surface area (Å²) in [5.41, 5.74) is 5.18. The third-order valence-corrected chi connectivity index (χ3v) is 5.30. The van der Waals surface area contributed by atoms with Crippen molar-refractivity contribution in [3.63, 3.8) is 0 Å². The number of carbonyl (C=O) groups excluding carboxylic acids is 1. The summed E-state index contributed by atoms with van der Waals surface area (Å²) in [5, 5.41) is 3.44. The van der Waals surface area contributed by atoms with E-state index in [1.807, 2.05) is 75.6 Å². The van der Waals surface area contributed by atoms with Crippen molar-refractivity contribution in [3.8, 4) is 5.69 Å². The van der Waals surface area contributed by atoms with Gasteiger partial charge in [0, 0.05) is 23.8 Å². The molecule has 0 radical (unpaired) electrons. The minimum Gasteiger partial charge on any atom is -0.456 e. The maximum Gasteiger partial charge on any atom is 0.340 e. The Labute approximate surface area is 195 Å². The minimum atomic E-state index is -0.557. The third kappa shape index (κ3) is 6.13. The van der Waals surface area contributed by atoms with Crippen molar-refractivity contribution in [2.45, 2.75) is 39.2 Å². The highest BCUT2D eigenvalue weighted by atomic mass is 16.6. The number of nitrogens with zero attached hydrogens (tertiary/aromatic N) is 1. The molecule has 4 rings (SSSR count). The molecule has 0 amide bonds. The summed E-state index contributed by atoms with van der Waals surface area (Å²) >= 11 is 0. The van der Waals surface area contributed by atoms with E-state index in [-0.39, 0.29) is 5.97 Å². The van der Waals surface area contributed by atoms with Crippen LogP contribution in [0.5, 0.6) is 0 Å². The molecule has 33 heavy (non-hydrogen) atoms. The van der Waals surface area contributed by atoms with Gasteiger partial charge in [0.15, 0.2) is 0 Å². The van der Waals surface area contributed by atoms with Crippen molar-refractivity contribution in [1.82, 2.24) is 4.57 Å². The second-order valence-electron chi connectivity index (χ2n) is 9.13. The summed E-state index contributed by atoms with van der Waals surface area (Å²) in [6, 6.07) is 28.5. The monoisotopic (exact) mass is 438 g/mol. The SMILES string of the molecule is CC(C)(C)OC(=O)c1ccc(CCc2ccccc2)cc1Nc1ccc(-n2cccc2)cc1. The van der Waals surface area contributed by atoms with Crippen LogP contribution < -0.4 is 5.32 Å². The third-order valence-electron chi connectivity index (χ3n) is 5.30. The predicted octanol–water partition coefficient (Wildman–Crippen LogP) is 6.96. The van der Waals surface area contributed by atoms with Crippen molar-refractivity contribution in [3.05, 3.63) is 114 Å². The van der Waals surface area contributed by atoms with Gasteiger partial charge in [0.25, 0.3) is 0 Å². The van der Waals surface area contributed by atoms with E-state index >= 15 is 0 Å². The smallest absolute Gasteiger partial charge is 0.340 e. The second-order valence-corrected chi connectivity index (χ2v) is 9.13. The summed E-state index contributed by atoms with van der Waals surface area (Å²) < 4.78 is 7.71. The van der Waals surface area contributed by atoms with Crippen LogP contribution in [0.2, 0.25) is 0 Å². The first kappa shape index (κ1) is 22.4. The van der Waals surface area contributed by atoms with Gasteiger partial charge in [-0.05, 0) is 93.3 Å². The van der Waals surface area contributed by atoms with Crippen LogP contribution in [0.25, 0.3) is 5.69 Å². The van der Waals surface area contributed by atoms with Gasteiger partial charge in [-0.3, -0.25) is 0 Å². The molecule has 0 saturated carbocycles. The number of rotatable bonds is 7. The first-order valence-electron chi connectivity index (χ1n) is 11.3. The summed E-state index contributed by atoms with van der Waals surface area (Å²) in [6.45, 7) is 5.64. The number of nitrogens with one attached hydrogen (secondary N) is 1. The molecule has 0 unspecified atom stereocenters. The molecule has 1 heterocycles. The van der Waals surface area contributed by atoms with Gasteiger partial charge in [-0.1, -0.05) is 36.4 Å². The molecule has 0 bridgehead atoms. The van der Waals surface area contributed by atoms with Gasteiger partial charge in [-0.15, -0.1) is 0 Å². The fourth-order valence-electron chi connectivity index (χ4n) is 3.67. The molecule has 0 aliphatic carbocycles. The van der Waals surface area contributed by atoms with Crippen molar-refractivity contribution < 1.29 is 9.53 Å². The van der Waals surface area contributed by atoms with Gasteiger partial charge in [-0.2, -0.15) is 0 Å². The fourth-order valence-corrected chi connectivity index (χ4v) is 3.67. The maximum atomic E-state index is 12.9. The van der Waals surface area contributed by atoms with Crippen LogP contribution in [-0.2, 0) is 17.6 Å². The van der Waals surface area contributed by atoms with E-state index in [1.54, 1.807) is 0 Å². The number of hydrogen-bond acceptors (Lipinski definition) is 3. The van der Waals surface area contributed by atoms with E-state index in [0.717, 1.165) is 35.5 Å². The number of ether oxygens (including phenoxy) is 1. The molecule has 4 aromatic rings. The highest BCUT2D eigenvalue weighted by Gasteiger charge is 2.21. The van der Waals surface area contributed by atoms with Crippen LogP contribution >= 0.6 is 0 Å². The van der Waals surface area contributed by atoms with Crippen LogP contribution in [0.1, 0.15) is 42.3 Å². The highest BCUT2D eigenvalue weighted by Crippen LogP contribution is 2.26. The normalized spacial score (nSPS) is 11.2. The number of carbonyl (C=O) groups is 1. The van der Waals surface area contributed by atoms with E-state index in [1.165, 1.54) is 5.56 Å². The minimum absolute atomic E-state index is 0.330. The zero-order chi connectivity index (χ0) is 23.3. The number of anilines is 2. The van der Waals surface area contributed by atoms with Gasteiger partial charge >= 0.3 is 5.97 Å². The van der Waals surface area contributed by atoms with E-state index < -0.39 is 5.60 Å². The topological polar surface area (TPSA) is 43.3 Å². The van der Waals surface area contributed by atoms with Gasteiger partial charge in [-0.25, -0.2) is 4.79 Å². The number of benzene rings is 3. The lowest BCUT2D eigenvalue weighted by Crippen LogP contribution is -2.24. The molecule has 1 aromatic heterocycles. The zero-order valence-corrected chi connectivity index (χ0v) is 19.4. The van der Waals surface area contributed by atoms with E-state index in [2.05, 4.69) is 52.3 Å². The van der Waals surface area contributed by atoms with Crippen LogP contribution in [0.15, 0.2) is 97.3 Å². The van der Waals surface area contributed by atoms with Gasteiger partial charge < -0.3 is 14.6 Å². The average molecular weight is 439 g/mol. The van der Waals surface area contributed by atoms with Crippen LogP contribution in [-0.4, -0.2) is 16.1 Å². The van der Waals surface area contributed by atoms with E-state index in [9.17, 15) is 4.79 Å². The standard InChI is InChI=1S/C29H30N2O2/c1-29(2,3)33-28(32)26-18-13-23(12-11-22-9-5-4-6-10-22)21-27(26)30-24-14-16-25(17-15-24)31-19-7-8-20-31/h4-10,13-21,30H,11-12H2,1-3H3. The highest BCUT2D eigenvalue weighted by molar-refractivity contribution is 5.97. The Bertz CT molecular complexity index is 1190. The molecular formula is C29H30N2O2. The molecule has 0 fully saturated rings. The van der Waals surface area contributed by atoms with Crippen molar-refractivity contribution >= 4 is 17.3 Å². The lowest BCUT2D eigenvalue weighted by molar-refractivity contribution is 0.00707. The lowest BCUT2D eigenvalue weighted by Gasteiger charge is -2.21. The van der Waals surface area contributed by atoms with Crippen LogP contribution in [0, 0.1) is 0 Å². The Morgan fingerprint density at radius 1 is 0.818 bits per heavy atom. The molecule has 0 atom stereocenters. The van der Waals surface area contributed by atoms with E-state index in [4.69, 9.17) is 4.74 Å². The van der Waals surface area contributed by atoms with Gasteiger partial charge in [0.2, 0.25) is 0 Å². The molecule has 0 aliphatic heterocycles. The second kappa shape index (κ2) is 9.78. The first-order valence-corrected chi connectivity index (χ1v) is 11.3. The van der Waals surface area contributed by atoms with Gasteiger partial charge in [0.1, 0.15) is 5.60 Å². The summed E-state index contributed by atoms with van der Waals surface area (Å²) in [6.07, 6.45) is 5.86. The summed E-state index contributed by atoms with van der Waals surface area (Å²) in [5.74, 6) is -0.330. The quantitative estimate of drug-likeness (QED) is 0.317. The molecule has 0 spiro atoms. The number of hydrogen-bond donors (Lipinski definition) is 1. The average Bonchev–Trinajstić information content (AvgIpc) is 3.33. The van der Waals surface area contributed by atoms with Crippen LogP contribution in [0.4, 0.5) is 11.4 Å². The van der Waals surface area contributed by atoms with E-state index in [0.29, 0.717) is 5.56 Å². The number of esters is 1. The zero-order valence-electron chi connectivity index (χ0n) is 19.4. The Balaban J connectivity index is 1.58. The van der Waals surface area contributed by atoms with Crippen molar-refractivity contribution in [2.75, 3.05) is 5.32 Å². The van der Waals surface area contributed by atoms with Gasteiger partial charge in [0.05, 0.1) is 11.3 Å². The fraction of sp³-hybridized carbons (Fsp3) is 0.207. The predicted molar refractivity (Wildman–Crippen MR) is 135 cm³/mol. The molecule has 0 saturated heterocycles. The van der Waals surface area contributed by atoms with Crippen LogP contribution in [0.3, 0.4) is 0 Å². The Kier molecular flexibility index (Phi) is 6.64. The molecular weight excluding hydrogens is 408 g/mol. The Morgan fingerprint density at radius 3 is 2.15 bits per heavy atom. The summed E-state index contributed by atoms with van der Waals surface area (Å²) in [7, 11) is 0. The first-order chi connectivity index (χ1) is 15.9. The molecule has 3 aromatic carbocycles. The maximum absolute atomic E-state index is 12.9. The summed E-state index contributed by atoms with van der Waals surface area (Å²) in [4.78, 5) is 12.9.